The van der Waals surface area contributed by atoms with Crippen molar-refractivity contribution < 1.29 is 14.3 Å². The Morgan fingerprint density at radius 1 is 1.19 bits per heavy atom. The number of hydrogen-bond donors (Lipinski definition) is 2. The zero-order chi connectivity index (χ0) is 14.5. The lowest BCUT2D eigenvalue weighted by Crippen LogP contribution is -2.38. The van der Waals surface area contributed by atoms with Crippen LogP contribution in [-0.2, 0) is 9.47 Å². The fraction of sp³-hybridized carbons (Fsp3) is 0.562. The molecule has 5 heteroatoms. The highest BCUT2D eigenvalue weighted by molar-refractivity contribution is 5.89. The number of carbonyl (C=O) groups is 1. The monoisotopic (exact) mass is 290 g/mol. The number of anilines is 1. The third kappa shape index (κ3) is 3.74. The molecule has 1 spiro atoms. The number of hydrogen-bond acceptors (Lipinski definition) is 3. The molecule has 5 nitrogen and oxygen atoms in total. The molecule has 1 saturated heterocycles. The number of rotatable bonds is 3. The number of para-hydroxylation sites is 1. The second-order valence-corrected chi connectivity index (χ2v) is 5.72. The molecule has 2 aliphatic rings. The maximum atomic E-state index is 11.8. The lowest BCUT2D eigenvalue weighted by molar-refractivity contribution is -0.186. The summed E-state index contributed by atoms with van der Waals surface area (Å²) in [6, 6.07) is 9.18. The van der Waals surface area contributed by atoms with Crippen LogP contribution in [0.1, 0.15) is 32.1 Å². The Kier molecular flexibility index (Phi) is 4.41. The molecule has 2 fully saturated rings. The summed E-state index contributed by atoms with van der Waals surface area (Å²) in [6.07, 6.45) is 5.48. The molecule has 0 unspecified atom stereocenters. The maximum Gasteiger partial charge on any atom is 0.319 e. The molecule has 1 aliphatic carbocycles. The van der Waals surface area contributed by atoms with E-state index in [9.17, 15) is 4.79 Å². The number of ether oxygens (including phenoxy) is 2. The SMILES string of the molecule is O=C(NC[C@H]1COC2(CCCCC2)O1)Nc1ccccc1. The van der Waals surface area contributed by atoms with E-state index in [1.807, 2.05) is 30.3 Å². The average Bonchev–Trinajstić information content (AvgIpc) is 2.90. The molecule has 114 valence electrons. The lowest BCUT2D eigenvalue weighted by Gasteiger charge is -2.31. The van der Waals surface area contributed by atoms with Gasteiger partial charge in [-0.2, -0.15) is 0 Å². The van der Waals surface area contributed by atoms with Crippen molar-refractivity contribution in [2.75, 3.05) is 18.5 Å². The predicted molar refractivity (Wildman–Crippen MR) is 80.1 cm³/mol. The highest BCUT2D eigenvalue weighted by Crippen LogP contribution is 2.37. The molecule has 0 radical (unpaired) electrons. The van der Waals surface area contributed by atoms with Gasteiger partial charge in [-0.15, -0.1) is 0 Å². The zero-order valence-electron chi connectivity index (χ0n) is 12.1. The summed E-state index contributed by atoms with van der Waals surface area (Å²) in [6.45, 7) is 1.03. The summed E-state index contributed by atoms with van der Waals surface area (Å²) < 4.78 is 11.9. The number of nitrogens with one attached hydrogen (secondary N) is 2. The van der Waals surface area contributed by atoms with Crippen LogP contribution in [-0.4, -0.2) is 31.1 Å². The average molecular weight is 290 g/mol. The van der Waals surface area contributed by atoms with Gasteiger partial charge in [0.25, 0.3) is 0 Å². The van der Waals surface area contributed by atoms with Gasteiger partial charge in [-0.05, 0) is 25.0 Å². The highest BCUT2D eigenvalue weighted by atomic mass is 16.7. The Balaban J connectivity index is 1.42. The molecule has 1 aliphatic heterocycles. The summed E-state index contributed by atoms with van der Waals surface area (Å²) in [4.78, 5) is 11.8. The van der Waals surface area contributed by atoms with Crippen molar-refractivity contribution in [2.45, 2.75) is 44.0 Å². The molecular weight excluding hydrogens is 268 g/mol. The molecular formula is C16H22N2O3. The maximum absolute atomic E-state index is 11.8. The van der Waals surface area contributed by atoms with Gasteiger partial charge >= 0.3 is 6.03 Å². The summed E-state index contributed by atoms with van der Waals surface area (Å²) in [7, 11) is 0. The van der Waals surface area contributed by atoms with Gasteiger partial charge in [0.2, 0.25) is 0 Å². The van der Waals surface area contributed by atoms with Crippen LogP contribution in [0.4, 0.5) is 10.5 Å². The first-order chi connectivity index (χ1) is 10.3. The number of benzene rings is 1. The first-order valence-electron chi connectivity index (χ1n) is 7.67. The summed E-state index contributed by atoms with van der Waals surface area (Å²) in [5.74, 6) is -0.375. The summed E-state index contributed by atoms with van der Waals surface area (Å²) >= 11 is 0. The van der Waals surface area contributed by atoms with E-state index in [1.165, 1.54) is 6.42 Å². The van der Waals surface area contributed by atoms with Gasteiger partial charge in [0, 0.05) is 25.1 Å². The minimum absolute atomic E-state index is 0.0513. The Morgan fingerprint density at radius 3 is 2.71 bits per heavy atom. The van der Waals surface area contributed by atoms with Crippen molar-refractivity contribution >= 4 is 11.7 Å². The van der Waals surface area contributed by atoms with Crippen LogP contribution >= 0.6 is 0 Å². The van der Waals surface area contributed by atoms with Crippen LogP contribution in [0.5, 0.6) is 0 Å². The minimum atomic E-state index is -0.375. The van der Waals surface area contributed by atoms with E-state index in [-0.39, 0.29) is 17.9 Å². The summed E-state index contributed by atoms with van der Waals surface area (Å²) in [5, 5.41) is 5.63. The second kappa shape index (κ2) is 6.45. The van der Waals surface area contributed by atoms with E-state index < -0.39 is 0 Å². The van der Waals surface area contributed by atoms with Crippen LogP contribution in [0.25, 0.3) is 0 Å². The molecule has 21 heavy (non-hydrogen) atoms. The smallest absolute Gasteiger partial charge is 0.319 e. The van der Waals surface area contributed by atoms with Gasteiger partial charge in [-0.3, -0.25) is 0 Å². The molecule has 2 N–H and O–H groups in total. The van der Waals surface area contributed by atoms with Crippen LogP contribution < -0.4 is 10.6 Å². The van der Waals surface area contributed by atoms with Crippen molar-refractivity contribution in [3.8, 4) is 0 Å². The van der Waals surface area contributed by atoms with E-state index in [1.54, 1.807) is 0 Å². The first kappa shape index (κ1) is 14.4. The van der Waals surface area contributed by atoms with Crippen LogP contribution in [0.3, 0.4) is 0 Å². The van der Waals surface area contributed by atoms with Crippen molar-refractivity contribution in [1.82, 2.24) is 5.32 Å². The van der Waals surface area contributed by atoms with E-state index >= 15 is 0 Å². The van der Waals surface area contributed by atoms with Gasteiger partial charge in [0.15, 0.2) is 5.79 Å². The molecule has 1 saturated carbocycles. The zero-order valence-corrected chi connectivity index (χ0v) is 12.1. The van der Waals surface area contributed by atoms with E-state index in [0.29, 0.717) is 13.2 Å². The van der Waals surface area contributed by atoms with E-state index in [4.69, 9.17) is 9.47 Å². The minimum Gasteiger partial charge on any atom is -0.347 e. The lowest BCUT2D eigenvalue weighted by atomic mass is 9.94. The molecule has 0 aromatic heterocycles. The first-order valence-corrected chi connectivity index (χ1v) is 7.67. The molecule has 0 bridgehead atoms. The van der Waals surface area contributed by atoms with Crippen LogP contribution in [0, 0.1) is 0 Å². The second-order valence-electron chi connectivity index (χ2n) is 5.72. The van der Waals surface area contributed by atoms with Gasteiger partial charge in [0.05, 0.1) is 6.61 Å². The number of urea groups is 1. The number of amides is 2. The van der Waals surface area contributed by atoms with Crippen molar-refractivity contribution in [3.63, 3.8) is 0 Å². The largest absolute Gasteiger partial charge is 0.347 e. The predicted octanol–water partition coefficient (Wildman–Crippen LogP) is 2.88. The Labute approximate surface area is 125 Å². The Hall–Kier alpha value is -1.59. The van der Waals surface area contributed by atoms with Gasteiger partial charge in [-0.25, -0.2) is 4.79 Å². The van der Waals surface area contributed by atoms with Crippen LogP contribution in [0.2, 0.25) is 0 Å². The van der Waals surface area contributed by atoms with Gasteiger partial charge in [-0.1, -0.05) is 24.6 Å². The molecule has 3 rings (SSSR count). The molecule has 1 heterocycles. The van der Waals surface area contributed by atoms with Gasteiger partial charge < -0.3 is 20.1 Å². The van der Waals surface area contributed by atoms with E-state index in [0.717, 1.165) is 31.4 Å². The Bertz CT molecular complexity index is 472. The topological polar surface area (TPSA) is 59.6 Å². The fourth-order valence-electron chi connectivity index (χ4n) is 2.97. The number of carbonyl (C=O) groups excluding carboxylic acids is 1. The molecule has 1 aromatic rings. The van der Waals surface area contributed by atoms with Crippen molar-refractivity contribution in [2.24, 2.45) is 0 Å². The highest BCUT2D eigenvalue weighted by Gasteiger charge is 2.42. The Morgan fingerprint density at radius 2 is 1.95 bits per heavy atom. The normalized spacial score (nSPS) is 23.9. The third-order valence-electron chi connectivity index (χ3n) is 4.05. The fourth-order valence-corrected chi connectivity index (χ4v) is 2.97. The third-order valence-corrected chi connectivity index (χ3v) is 4.05. The standard InChI is InChI=1S/C16H22N2O3/c19-15(18-13-7-3-1-4-8-13)17-11-14-12-20-16(21-14)9-5-2-6-10-16/h1,3-4,7-8,14H,2,5-6,9-12H2,(H2,17,18,19)/t14-/m0/s1. The molecule has 2 amide bonds. The molecule has 1 atom stereocenters. The molecule has 1 aromatic carbocycles. The van der Waals surface area contributed by atoms with Crippen molar-refractivity contribution in [3.05, 3.63) is 30.3 Å². The van der Waals surface area contributed by atoms with Crippen LogP contribution in [0.15, 0.2) is 30.3 Å². The van der Waals surface area contributed by atoms with Crippen molar-refractivity contribution in [1.29, 1.82) is 0 Å². The van der Waals surface area contributed by atoms with E-state index in [2.05, 4.69) is 10.6 Å². The van der Waals surface area contributed by atoms with Gasteiger partial charge in [0.1, 0.15) is 6.10 Å². The summed E-state index contributed by atoms with van der Waals surface area (Å²) in [5.41, 5.74) is 0.780. The quantitative estimate of drug-likeness (QED) is 0.900.